The van der Waals surface area contributed by atoms with Crippen LogP contribution < -0.4 is 5.32 Å². The molecule has 0 heterocycles. The highest BCUT2D eigenvalue weighted by Gasteiger charge is 2.05. The lowest BCUT2D eigenvalue weighted by Gasteiger charge is -2.09. The first-order valence-corrected chi connectivity index (χ1v) is 8.66. The van der Waals surface area contributed by atoms with Crippen LogP contribution in [0.1, 0.15) is 24.0 Å². The molecular weight excluding hydrogens is 314 g/mol. The molecule has 0 fully saturated rings. The molecule has 22 heavy (non-hydrogen) atoms. The number of aryl methyl sites for hydroxylation is 2. The second kappa shape index (κ2) is 8.25. The molecule has 0 aliphatic heterocycles. The molecule has 2 nitrogen and oxygen atoms in total. The maximum atomic E-state index is 12.0. The Morgan fingerprint density at radius 2 is 1.86 bits per heavy atom. The fourth-order valence-corrected chi connectivity index (χ4v) is 3.02. The van der Waals surface area contributed by atoms with E-state index in [0.29, 0.717) is 6.42 Å². The van der Waals surface area contributed by atoms with E-state index >= 15 is 0 Å². The first-order valence-electron chi connectivity index (χ1n) is 7.30. The molecule has 0 bridgehead atoms. The molecule has 2 aromatic rings. The Bertz CT molecular complexity index is 640. The number of hydrogen-bond donors (Lipinski definition) is 1. The predicted molar refractivity (Wildman–Crippen MR) is 96.0 cm³/mol. The number of carbonyl (C=O) groups excluding carboxylic acids is 1. The van der Waals surface area contributed by atoms with Gasteiger partial charge in [0.25, 0.3) is 0 Å². The highest BCUT2D eigenvalue weighted by Crippen LogP contribution is 2.22. The van der Waals surface area contributed by atoms with Gasteiger partial charge in [0.05, 0.1) is 0 Å². The van der Waals surface area contributed by atoms with Crippen molar-refractivity contribution in [2.75, 3.05) is 11.1 Å². The molecule has 0 saturated carbocycles. The van der Waals surface area contributed by atoms with E-state index in [1.54, 1.807) is 11.8 Å². The Labute approximate surface area is 141 Å². The van der Waals surface area contributed by atoms with E-state index in [4.69, 9.17) is 11.6 Å². The van der Waals surface area contributed by atoms with Crippen molar-refractivity contribution in [3.8, 4) is 0 Å². The molecule has 0 atom stereocenters. The third-order valence-electron chi connectivity index (χ3n) is 3.30. The van der Waals surface area contributed by atoms with Crippen molar-refractivity contribution in [3.05, 3.63) is 58.6 Å². The van der Waals surface area contributed by atoms with E-state index < -0.39 is 0 Å². The van der Waals surface area contributed by atoms with E-state index in [2.05, 4.69) is 5.32 Å². The Kier molecular flexibility index (Phi) is 6.34. The minimum absolute atomic E-state index is 0.0745. The molecule has 4 heteroatoms. The largest absolute Gasteiger partial charge is 0.326 e. The van der Waals surface area contributed by atoms with Crippen LogP contribution in [0.2, 0.25) is 5.02 Å². The number of amides is 1. The number of benzene rings is 2. The average Bonchev–Trinajstić information content (AvgIpc) is 2.49. The minimum atomic E-state index is 0.0745. The zero-order valence-electron chi connectivity index (χ0n) is 12.9. The molecule has 1 N–H and O–H groups in total. The molecular formula is C18H20ClNOS. The van der Waals surface area contributed by atoms with Crippen molar-refractivity contribution in [3.63, 3.8) is 0 Å². The number of rotatable bonds is 6. The summed E-state index contributed by atoms with van der Waals surface area (Å²) in [5, 5.41) is 3.74. The van der Waals surface area contributed by atoms with Crippen molar-refractivity contribution in [1.29, 1.82) is 0 Å². The molecule has 2 aromatic carbocycles. The summed E-state index contributed by atoms with van der Waals surface area (Å²) < 4.78 is 0. The summed E-state index contributed by atoms with van der Waals surface area (Å²) in [6.45, 7) is 4.03. The van der Waals surface area contributed by atoms with Crippen molar-refractivity contribution in [2.24, 2.45) is 0 Å². The highest BCUT2D eigenvalue weighted by molar-refractivity contribution is 7.99. The fraction of sp³-hybridized carbons (Fsp3) is 0.278. The van der Waals surface area contributed by atoms with Gasteiger partial charge in [0.15, 0.2) is 0 Å². The third kappa shape index (κ3) is 5.39. The average molecular weight is 334 g/mol. The Morgan fingerprint density at radius 1 is 1.14 bits per heavy atom. The Hall–Kier alpha value is -1.45. The minimum Gasteiger partial charge on any atom is -0.326 e. The quantitative estimate of drug-likeness (QED) is 0.561. The molecule has 0 spiro atoms. The topological polar surface area (TPSA) is 29.1 Å². The van der Waals surface area contributed by atoms with E-state index in [0.717, 1.165) is 34.0 Å². The lowest BCUT2D eigenvalue weighted by atomic mass is 10.1. The zero-order chi connectivity index (χ0) is 15.9. The predicted octanol–water partition coefficient (Wildman–Crippen LogP) is 5.47. The monoisotopic (exact) mass is 333 g/mol. The van der Waals surface area contributed by atoms with Crippen LogP contribution in [0.5, 0.6) is 0 Å². The van der Waals surface area contributed by atoms with Crippen molar-refractivity contribution < 1.29 is 4.79 Å². The van der Waals surface area contributed by atoms with Crippen LogP contribution in [0.4, 0.5) is 5.69 Å². The standard InChI is InChI=1S/C18H20ClNOS/c1-13-5-6-14(2)17(12-13)20-18(21)4-3-11-22-16-9-7-15(19)8-10-16/h5-10,12H,3-4,11H2,1-2H3,(H,20,21). The van der Waals surface area contributed by atoms with Gasteiger partial charge in [-0.1, -0.05) is 23.7 Å². The summed E-state index contributed by atoms with van der Waals surface area (Å²) >= 11 is 7.60. The molecule has 0 aromatic heterocycles. The number of thioether (sulfide) groups is 1. The van der Waals surface area contributed by atoms with Gasteiger partial charge < -0.3 is 5.32 Å². The summed E-state index contributed by atoms with van der Waals surface area (Å²) in [6, 6.07) is 13.9. The van der Waals surface area contributed by atoms with Gasteiger partial charge in [-0.15, -0.1) is 11.8 Å². The van der Waals surface area contributed by atoms with Crippen LogP contribution in [0.3, 0.4) is 0 Å². The lowest BCUT2D eigenvalue weighted by Crippen LogP contribution is -2.12. The summed E-state index contributed by atoms with van der Waals surface area (Å²) in [7, 11) is 0. The van der Waals surface area contributed by atoms with Gasteiger partial charge in [-0.3, -0.25) is 4.79 Å². The van der Waals surface area contributed by atoms with E-state index in [-0.39, 0.29) is 5.91 Å². The van der Waals surface area contributed by atoms with Crippen LogP contribution in [-0.4, -0.2) is 11.7 Å². The molecule has 2 rings (SSSR count). The molecule has 0 saturated heterocycles. The van der Waals surface area contributed by atoms with Crippen molar-refractivity contribution in [2.45, 2.75) is 31.6 Å². The Morgan fingerprint density at radius 3 is 2.59 bits per heavy atom. The van der Waals surface area contributed by atoms with Gasteiger partial charge in [-0.05, 0) is 67.5 Å². The second-order valence-electron chi connectivity index (χ2n) is 5.27. The van der Waals surface area contributed by atoms with E-state index in [1.165, 1.54) is 4.90 Å². The van der Waals surface area contributed by atoms with Crippen LogP contribution in [-0.2, 0) is 4.79 Å². The lowest BCUT2D eigenvalue weighted by molar-refractivity contribution is -0.116. The molecule has 1 amide bonds. The fourth-order valence-electron chi connectivity index (χ4n) is 2.04. The van der Waals surface area contributed by atoms with Crippen LogP contribution >= 0.6 is 23.4 Å². The molecule has 0 unspecified atom stereocenters. The summed E-state index contributed by atoms with van der Waals surface area (Å²) in [6.07, 6.45) is 1.39. The number of anilines is 1. The highest BCUT2D eigenvalue weighted by atomic mass is 35.5. The normalized spacial score (nSPS) is 10.5. The molecule has 0 aliphatic rings. The van der Waals surface area contributed by atoms with Gasteiger partial charge in [-0.2, -0.15) is 0 Å². The summed E-state index contributed by atoms with van der Waals surface area (Å²) in [5.74, 6) is 0.993. The maximum Gasteiger partial charge on any atom is 0.224 e. The van der Waals surface area contributed by atoms with Crippen LogP contribution in [0.15, 0.2) is 47.4 Å². The third-order valence-corrected chi connectivity index (χ3v) is 4.65. The molecule has 0 aliphatic carbocycles. The number of hydrogen-bond acceptors (Lipinski definition) is 2. The van der Waals surface area contributed by atoms with Gasteiger partial charge in [0.2, 0.25) is 5.91 Å². The van der Waals surface area contributed by atoms with Gasteiger partial charge in [0.1, 0.15) is 0 Å². The van der Waals surface area contributed by atoms with E-state index in [9.17, 15) is 4.79 Å². The van der Waals surface area contributed by atoms with Crippen LogP contribution in [0.25, 0.3) is 0 Å². The smallest absolute Gasteiger partial charge is 0.224 e. The van der Waals surface area contributed by atoms with Crippen molar-refractivity contribution >= 4 is 35.0 Å². The van der Waals surface area contributed by atoms with Crippen molar-refractivity contribution in [1.82, 2.24) is 0 Å². The molecule has 116 valence electrons. The second-order valence-corrected chi connectivity index (χ2v) is 6.88. The first kappa shape index (κ1) is 16.9. The molecule has 0 radical (unpaired) electrons. The summed E-state index contributed by atoms with van der Waals surface area (Å²) in [4.78, 5) is 13.2. The number of carbonyl (C=O) groups is 1. The summed E-state index contributed by atoms with van der Waals surface area (Å²) in [5.41, 5.74) is 3.16. The Balaban J connectivity index is 1.74. The SMILES string of the molecule is Cc1ccc(C)c(NC(=O)CCCSc2ccc(Cl)cc2)c1. The number of nitrogens with one attached hydrogen (secondary N) is 1. The number of halogens is 1. The van der Waals surface area contributed by atoms with Gasteiger partial charge >= 0.3 is 0 Å². The van der Waals surface area contributed by atoms with Gasteiger partial charge in [0, 0.05) is 22.0 Å². The first-order chi connectivity index (χ1) is 10.5. The maximum absolute atomic E-state index is 12.0. The van der Waals surface area contributed by atoms with E-state index in [1.807, 2.05) is 56.3 Å². The van der Waals surface area contributed by atoms with Gasteiger partial charge in [-0.25, -0.2) is 0 Å². The zero-order valence-corrected chi connectivity index (χ0v) is 14.4. The van der Waals surface area contributed by atoms with Crippen LogP contribution in [0, 0.1) is 13.8 Å².